The Morgan fingerprint density at radius 1 is 1.17 bits per heavy atom. The van der Waals surface area contributed by atoms with Crippen molar-refractivity contribution >= 4 is 28.8 Å². The lowest BCUT2D eigenvalue weighted by molar-refractivity contribution is -0.143. The first kappa shape index (κ1) is 16.6. The number of hydrogen-bond acceptors (Lipinski definition) is 4. The lowest BCUT2D eigenvalue weighted by atomic mass is 10.1. The number of nitrogens with one attached hydrogen (secondary N) is 1. The van der Waals surface area contributed by atoms with E-state index in [9.17, 15) is 4.79 Å². The summed E-state index contributed by atoms with van der Waals surface area (Å²) in [6.07, 6.45) is 0.364. The Kier molecular flexibility index (Phi) is 5.54. The van der Waals surface area contributed by atoms with Crippen molar-refractivity contribution in [2.24, 2.45) is 0 Å². The molecule has 3 aromatic rings. The van der Waals surface area contributed by atoms with Crippen molar-refractivity contribution in [3.05, 3.63) is 66.0 Å². The molecule has 0 radical (unpaired) electrons. The van der Waals surface area contributed by atoms with Crippen molar-refractivity contribution in [3.8, 4) is 0 Å². The second-order valence-electron chi connectivity index (χ2n) is 5.42. The van der Waals surface area contributed by atoms with E-state index >= 15 is 0 Å². The van der Waals surface area contributed by atoms with Crippen LogP contribution >= 0.6 is 11.8 Å². The van der Waals surface area contributed by atoms with Gasteiger partial charge in [-0.1, -0.05) is 42.5 Å². The van der Waals surface area contributed by atoms with E-state index in [1.165, 1.54) is 0 Å². The van der Waals surface area contributed by atoms with E-state index in [0.717, 1.165) is 22.4 Å². The molecule has 0 aliphatic carbocycles. The Hall–Kier alpha value is -2.27. The van der Waals surface area contributed by atoms with Crippen molar-refractivity contribution in [1.82, 2.24) is 9.97 Å². The normalized spacial score (nSPS) is 12.2. The van der Waals surface area contributed by atoms with Gasteiger partial charge in [0, 0.05) is 5.25 Å². The number of thioether (sulfide) groups is 1. The highest BCUT2D eigenvalue weighted by Gasteiger charge is 2.18. The third kappa shape index (κ3) is 4.17. The predicted molar refractivity (Wildman–Crippen MR) is 97.8 cm³/mol. The van der Waals surface area contributed by atoms with Crippen molar-refractivity contribution < 1.29 is 9.53 Å². The zero-order valence-corrected chi connectivity index (χ0v) is 14.4. The number of imidazole rings is 1. The molecule has 0 fully saturated rings. The quantitative estimate of drug-likeness (QED) is 0.644. The highest BCUT2D eigenvalue weighted by molar-refractivity contribution is 7.98. The fraction of sp³-hybridized carbons (Fsp3) is 0.263. The van der Waals surface area contributed by atoms with E-state index in [-0.39, 0.29) is 11.2 Å². The monoisotopic (exact) mass is 340 g/mol. The topological polar surface area (TPSA) is 55.0 Å². The Bertz CT molecular complexity index is 768. The van der Waals surface area contributed by atoms with Crippen LogP contribution in [-0.4, -0.2) is 22.5 Å². The summed E-state index contributed by atoms with van der Waals surface area (Å²) in [5.74, 6) is 1.47. The van der Waals surface area contributed by atoms with Crippen LogP contribution in [0.4, 0.5) is 0 Å². The van der Waals surface area contributed by atoms with Crippen LogP contribution in [0.1, 0.15) is 30.0 Å². The van der Waals surface area contributed by atoms with Crippen LogP contribution in [0.15, 0.2) is 54.6 Å². The van der Waals surface area contributed by atoms with Gasteiger partial charge in [0.05, 0.1) is 29.8 Å². The summed E-state index contributed by atoms with van der Waals surface area (Å²) in [7, 11) is 0. The van der Waals surface area contributed by atoms with E-state index in [0.29, 0.717) is 18.8 Å². The molecule has 0 saturated carbocycles. The van der Waals surface area contributed by atoms with E-state index in [1.54, 1.807) is 11.8 Å². The number of aromatic amines is 1. The summed E-state index contributed by atoms with van der Waals surface area (Å²) in [6.45, 7) is 2.24. The van der Waals surface area contributed by atoms with Gasteiger partial charge in [0.2, 0.25) is 0 Å². The summed E-state index contributed by atoms with van der Waals surface area (Å²) in [5.41, 5.74) is 3.14. The van der Waals surface area contributed by atoms with Crippen LogP contribution in [0, 0.1) is 0 Å². The molecule has 0 spiro atoms. The lowest BCUT2D eigenvalue weighted by Crippen LogP contribution is -2.09. The van der Waals surface area contributed by atoms with Gasteiger partial charge >= 0.3 is 5.97 Å². The molecule has 4 nitrogen and oxygen atoms in total. The lowest BCUT2D eigenvalue weighted by Gasteiger charge is -2.15. The van der Waals surface area contributed by atoms with Crippen LogP contribution in [0.3, 0.4) is 0 Å². The van der Waals surface area contributed by atoms with Gasteiger partial charge in [-0.2, -0.15) is 0 Å². The molecule has 0 saturated heterocycles. The molecule has 1 aromatic heterocycles. The summed E-state index contributed by atoms with van der Waals surface area (Å²) < 4.78 is 5.12. The zero-order chi connectivity index (χ0) is 16.8. The molecule has 0 aliphatic heterocycles. The van der Waals surface area contributed by atoms with Gasteiger partial charge < -0.3 is 9.72 Å². The molecule has 3 rings (SSSR count). The summed E-state index contributed by atoms with van der Waals surface area (Å²) >= 11 is 1.70. The third-order valence-electron chi connectivity index (χ3n) is 3.69. The van der Waals surface area contributed by atoms with Gasteiger partial charge in [-0.25, -0.2) is 4.98 Å². The molecular formula is C19H20N2O2S. The summed E-state index contributed by atoms with van der Waals surface area (Å²) in [4.78, 5) is 19.9. The molecule has 124 valence electrons. The third-order valence-corrected chi connectivity index (χ3v) is 4.97. The van der Waals surface area contributed by atoms with Gasteiger partial charge in [-0.15, -0.1) is 11.8 Å². The zero-order valence-electron chi connectivity index (χ0n) is 13.6. The van der Waals surface area contributed by atoms with Gasteiger partial charge in [-0.3, -0.25) is 4.79 Å². The molecule has 1 unspecified atom stereocenters. The minimum Gasteiger partial charge on any atom is -0.466 e. The fourth-order valence-corrected chi connectivity index (χ4v) is 3.66. The summed E-state index contributed by atoms with van der Waals surface area (Å²) in [6, 6.07) is 18.1. The number of carbonyl (C=O) groups excluding carboxylic acids is 1. The second kappa shape index (κ2) is 8.02. The number of para-hydroxylation sites is 2. The smallest absolute Gasteiger partial charge is 0.307 e. The van der Waals surface area contributed by atoms with Crippen molar-refractivity contribution in [1.29, 1.82) is 0 Å². The van der Waals surface area contributed by atoms with Crippen LogP contribution in [0.2, 0.25) is 0 Å². The highest BCUT2D eigenvalue weighted by atomic mass is 32.2. The van der Waals surface area contributed by atoms with Crippen molar-refractivity contribution in [2.45, 2.75) is 24.3 Å². The number of ether oxygens (including phenoxy) is 1. The molecule has 0 aliphatic rings. The maximum atomic E-state index is 11.9. The molecule has 24 heavy (non-hydrogen) atoms. The maximum Gasteiger partial charge on any atom is 0.307 e. The van der Waals surface area contributed by atoms with E-state index in [2.05, 4.69) is 22.1 Å². The number of carbonyl (C=O) groups is 1. The van der Waals surface area contributed by atoms with Crippen molar-refractivity contribution in [2.75, 3.05) is 6.61 Å². The fourth-order valence-electron chi connectivity index (χ4n) is 2.57. The first-order chi connectivity index (χ1) is 11.8. The highest BCUT2D eigenvalue weighted by Crippen LogP contribution is 2.34. The number of rotatable bonds is 7. The minimum absolute atomic E-state index is 0.0541. The molecule has 1 heterocycles. The van der Waals surface area contributed by atoms with Gasteiger partial charge in [0.15, 0.2) is 0 Å². The Balaban J connectivity index is 1.72. The van der Waals surface area contributed by atoms with E-state index in [1.807, 2.05) is 49.4 Å². The molecule has 5 heteroatoms. The number of H-pyrrole nitrogens is 1. The molecule has 0 amide bonds. The van der Waals surface area contributed by atoms with Crippen LogP contribution in [-0.2, 0) is 15.3 Å². The largest absolute Gasteiger partial charge is 0.466 e. The van der Waals surface area contributed by atoms with Gasteiger partial charge in [0.25, 0.3) is 0 Å². The van der Waals surface area contributed by atoms with Crippen LogP contribution in [0.25, 0.3) is 11.0 Å². The number of fused-ring (bicyclic) bond motifs is 1. The number of nitrogens with zero attached hydrogens (tertiary/aromatic N) is 1. The Morgan fingerprint density at radius 2 is 1.92 bits per heavy atom. The molecule has 0 bridgehead atoms. The second-order valence-corrected chi connectivity index (χ2v) is 6.61. The van der Waals surface area contributed by atoms with E-state index < -0.39 is 0 Å². The average Bonchev–Trinajstić information content (AvgIpc) is 3.02. The number of esters is 1. The number of aromatic nitrogens is 2. The maximum absolute atomic E-state index is 11.9. The van der Waals surface area contributed by atoms with Gasteiger partial charge in [-0.05, 0) is 24.6 Å². The first-order valence-electron chi connectivity index (χ1n) is 8.02. The number of benzene rings is 2. The minimum atomic E-state index is -0.163. The number of hydrogen-bond donors (Lipinski definition) is 1. The van der Waals surface area contributed by atoms with E-state index in [4.69, 9.17) is 4.74 Å². The average molecular weight is 340 g/mol. The predicted octanol–water partition coefficient (Wildman–Crippen LogP) is 4.49. The molecule has 1 atom stereocenters. The summed E-state index contributed by atoms with van der Waals surface area (Å²) in [5, 5.41) is 0.0541. The standard InChI is InChI=1S/C19H20N2O2S/c1-2-23-19(22)12-17(14-8-4-3-5-9-14)24-13-18-20-15-10-6-7-11-16(15)21-18/h3-11,17H,2,12-13H2,1H3,(H,20,21). The first-order valence-corrected chi connectivity index (χ1v) is 9.07. The van der Waals surface area contributed by atoms with Gasteiger partial charge in [0.1, 0.15) is 5.82 Å². The molecule has 2 aromatic carbocycles. The Morgan fingerprint density at radius 3 is 2.67 bits per heavy atom. The molecule has 1 N–H and O–H groups in total. The van der Waals surface area contributed by atoms with Crippen LogP contribution in [0.5, 0.6) is 0 Å². The Labute approximate surface area is 145 Å². The SMILES string of the molecule is CCOC(=O)CC(SCc1nc2ccccc2[nH]1)c1ccccc1. The van der Waals surface area contributed by atoms with Crippen molar-refractivity contribution in [3.63, 3.8) is 0 Å². The van der Waals surface area contributed by atoms with Crippen LogP contribution < -0.4 is 0 Å². The molecular weight excluding hydrogens is 320 g/mol.